The van der Waals surface area contributed by atoms with Gasteiger partial charge in [0.2, 0.25) is 11.9 Å². The van der Waals surface area contributed by atoms with Gasteiger partial charge in [0.05, 0.1) is 0 Å². The Morgan fingerprint density at radius 2 is 2.15 bits per heavy atom. The maximum Gasteiger partial charge on any atom is 0.271 e. The zero-order chi connectivity index (χ0) is 17.8. The molecule has 0 spiro atoms. The van der Waals surface area contributed by atoms with E-state index in [-0.39, 0.29) is 18.4 Å². The fourth-order valence-corrected chi connectivity index (χ4v) is 2.79. The summed E-state index contributed by atoms with van der Waals surface area (Å²) in [6.45, 7) is 0.571. The van der Waals surface area contributed by atoms with Gasteiger partial charge in [0.25, 0.3) is 5.91 Å². The van der Waals surface area contributed by atoms with E-state index in [1.807, 2.05) is 18.2 Å². The summed E-state index contributed by atoms with van der Waals surface area (Å²) in [5, 5.41) is 12.7. The summed E-state index contributed by atoms with van der Waals surface area (Å²) >= 11 is 1.22. The monoisotopic (exact) mass is 368 g/mol. The largest absolute Gasteiger partial charge is 0.454 e. The van der Waals surface area contributed by atoms with E-state index < -0.39 is 0 Å². The van der Waals surface area contributed by atoms with Crippen molar-refractivity contribution >= 4 is 28.2 Å². The van der Waals surface area contributed by atoms with Crippen LogP contribution in [0.1, 0.15) is 16.1 Å². The molecule has 130 valence electrons. The molecule has 0 radical (unpaired) electrons. The summed E-state index contributed by atoms with van der Waals surface area (Å²) < 4.78 is 10.6. The highest BCUT2D eigenvalue weighted by Gasteiger charge is 2.14. The second-order valence-electron chi connectivity index (χ2n) is 5.15. The normalized spacial score (nSPS) is 12.5. The molecule has 1 aromatic carbocycles. The van der Waals surface area contributed by atoms with Crippen molar-refractivity contribution in [3.63, 3.8) is 0 Å². The smallest absolute Gasteiger partial charge is 0.271 e. The average molecular weight is 368 g/mol. The third-order valence-electron chi connectivity index (χ3n) is 3.42. The summed E-state index contributed by atoms with van der Waals surface area (Å²) in [5.41, 5.74) is 1.19. The standard InChI is InChI=1S/C16H12N6O3S/c23-15(18-6-10-1-2-12-13(5-10)25-9-24-12)11-7-26-16(20-11)22-21-14-3-4-17-8-19-14/h1-5,7-8H,6,9H2,(H,18,23). The Morgan fingerprint density at radius 1 is 1.23 bits per heavy atom. The Kier molecular flexibility index (Phi) is 4.48. The van der Waals surface area contributed by atoms with Crippen LogP contribution in [0.3, 0.4) is 0 Å². The molecular weight excluding hydrogens is 356 g/mol. The number of azo groups is 1. The van der Waals surface area contributed by atoms with Crippen LogP contribution in [-0.2, 0) is 6.54 Å². The Labute approximate surface area is 151 Å². The van der Waals surface area contributed by atoms with Crippen molar-refractivity contribution in [2.75, 3.05) is 6.79 Å². The summed E-state index contributed by atoms with van der Waals surface area (Å²) in [6, 6.07) is 7.15. The molecule has 1 N–H and O–H groups in total. The maximum atomic E-state index is 12.2. The second kappa shape index (κ2) is 7.23. The molecule has 1 aliphatic heterocycles. The van der Waals surface area contributed by atoms with Crippen molar-refractivity contribution < 1.29 is 14.3 Å². The van der Waals surface area contributed by atoms with Crippen LogP contribution < -0.4 is 14.8 Å². The van der Waals surface area contributed by atoms with Gasteiger partial charge in [-0.15, -0.1) is 21.6 Å². The number of aromatic nitrogens is 3. The minimum atomic E-state index is -0.289. The first kappa shape index (κ1) is 16.1. The lowest BCUT2D eigenvalue weighted by Gasteiger charge is -2.04. The minimum absolute atomic E-state index is 0.219. The molecule has 1 amide bonds. The molecule has 0 bridgehead atoms. The number of nitrogens with zero attached hydrogens (tertiary/aromatic N) is 5. The van der Waals surface area contributed by atoms with Crippen molar-refractivity contribution in [3.8, 4) is 11.5 Å². The van der Waals surface area contributed by atoms with Crippen LogP contribution in [0.15, 0.2) is 52.4 Å². The molecule has 0 atom stereocenters. The lowest BCUT2D eigenvalue weighted by atomic mass is 10.2. The third kappa shape index (κ3) is 3.64. The first-order valence-corrected chi connectivity index (χ1v) is 8.46. The molecule has 0 saturated heterocycles. The van der Waals surface area contributed by atoms with E-state index in [0.29, 0.717) is 29.0 Å². The molecule has 0 unspecified atom stereocenters. The summed E-state index contributed by atoms with van der Waals surface area (Å²) in [7, 11) is 0. The van der Waals surface area contributed by atoms with Crippen molar-refractivity contribution in [3.05, 3.63) is 53.4 Å². The van der Waals surface area contributed by atoms with Gasteiger partial charge in [0.1, 0.15) is 12.0 Å². The summed E-state index contributed by atoms with van der Waals surface area (Å²) in [5.74, 6) is 1.52. The van der Waals surface area contributed by atoms with Gasteiger partial charge in [0, 0.05) is 24.2 Å². The molecule has 0 aliphatic carbocycles. The average Bonchev–Trinajstić information content (AvgIpc) is 3.34. The van der Waals surface area contributed by atoms with E-state index in [2.05, 4.69) is 30.5 Å². The van der Waals surface area contributed by atoms with Gasteiger partial charge in [-0.2, -0.15) is 0 Å². The number of carbonyl (C=O) groups excluding carboxylic acids is 1. The fraction of sp³-hybridized carbons (Fsp3) is 0.125. The number of ether oxygens (including phenoxy) is 2. The highest BCUT2D eigenvalue weighted by atomic mass is 32.1. The molecule has 26 heavy (non-hydrogen) atoms. The van der Waals surface area contributed by atoms with Gasteiger partial charge in [-0.05, 0) is 17.7 Å². The Bertz CT molecular complexity index is 960. The number of hydrogen-bond donors (Lipinski definition) is 1. The molecule has 3 aromatic rings. The Morgan fingerprint density at radius 3 is 3.04 bits per heavy atom. The van der Waals surface area contributed by atoms with Crippen LogP contribution >= 0.6 is 11.3 Å². The van der Waals surface area contributed by atoms with Gasteiger partial charge in [0.15, 0.2) is 17.3 Å². The van der Waals surface area contributed by atoms with Gasteiger partial charge in [-0.25, -0.2) is 15.0 Å². The summed E-state index contributed by atoms with van der Waals surface area (Å²) in [4.78, 5) is 24.1. The predicted molar refractivity (Wildman–Crippen MR) is 92.1 cm³/mol. The number of benzene rings is 1. The van der Waals surface area contributed by atoms with Gasteiger partial charge >= 0.3 is 0 Å². The molecule has 10 heteroatoms. The van der Waals surface area contributed by atoms with Crippen LogP contribution in [0, 0.1) is 0 Å². The summed E-state index contributed by atoms with van der Waals surface area (Å²) in [6.07, 6.45) is 2.95. The first-order chi connectivity index (χ1) is 12.8. The first-order valence-electron chi connectivity index (χ1n) is 7.58. The molecule has 3 heterocycles. The van der Waals surface area contributed by atoms with E-state index in [1.54, 1.807) is 17.6 Å². The van der Waals surface area contributed by atoms with Crippen molar-refractivity contribution in [1.29, 1.82) is 0 Å². The van der Waals surface area contributed by atoms with Crippen LogP contribution in [0.5, 0.6) is 11.5 Å². The quantitative estimate of drug-likeness (QED) is 0.693. The molecule has 1 aliphatic rings. The predicted octanol–water partition coefficient (Wildman–Crippen LogP) is 3.01. The molecule has 0 fully saturated rings. The molecular formula is C16H12N6O3S. The van der Waals surface area contributed by atoms with Crippen LogP contribution in [0.2, 0.25) is 0 Å². The molecule has 0 saturated carbocycles. The van der Waals surface area contributed by atoms with Crippen molar-refractivity contribution in [2.45, 2.75) is 6.54 Å². The van der Waals surface area contributed by atoms with E-state index in [0.717, 1.165) is 5.56 Å². The SMILES string of the molecule is O=C(NCc1ccc2c(c1)OCO2)c1csc(N=Nc2ccncn2)n1. The highest BCUT2D eigenvalue weighted by Crippen LogP contribution is 2.32. The third-order valence-corrected chi connectivity index (χ3v) is 4.14. The topological polar surface area (TPSA) is 111 Å². The van der Waals surface area contributed by atoms with E-state index in [4.69, 9.17) is 9.47 Å². The number of carbonyl (C=O) groups is 1. The van der Waals surface area contributed by atoms with Crippen LogP contribution in [-0.4, -0.2) is 27.7 Å². The minimum Gasteiger partial charge on any atom is -0.454 e. The Balaban J connectivity index is 1.36. The number of fused-ring (bicyclic) bond motifs is 1. The molecule has 4 rings (SSSR count). The lowest BCUT2D eigenvalue weighted by molar-refractivity contribution is 0.0946. The fourth-order valence-electron chi connectivity index (χ4n) is 2.18. The number of hydrogen-bond acceptors (Lipinski definition) is 9. The van der Waals surface area contributed by atoms with Gasteiger partial charge < -0.3 is 14.8 Å². The highest BCUT2D eigenvalue weighted by molar-refractivity contribution is 7.13. The van der Waals surface area contributed by atoms with Gasteiger partial charge in [-0.1, -0.05) is 6.07 Å². The number of thiazole rings is 1. The molecule has 2 aromatic heterocycles. The van der Waals surface area contributed by atoms with E-state index in [1.165, 1.54) is 17.7 Å². The van der Waals surface area contributed by atoms with E-state index >= 15 is 0 Å². The lowest BCUT2D eigenvalue weighted by Crippen LogP contribution is -2.22. The zero-order valence-electron chi connectivity index (χ0n) is 13.3. The van der Waals surface area contributed by atoms with Crippen LogP contribution in [0.4, 0.5) is 10.9 Å². The Hall–Kier alpha value is -3.40. The van der Waals surface area contributed by atoms with Crippen LogP contribution in [0.25, 0.3) is 0 Å². The van der Waals surface area contributed by atoms with Crippen molar-refractivity contribution in [2.24, 2.45) is 10.2 Å². The molecule has 9 nitrogen and oxygen atoms in total. The number of nitrogens with one attached hydrogen (secondary N) is 1. The van der Waals surface area contributed by atoms with Crippen molar-refractivity contribution in [1.82, 2.24) is 20.3 Å². The number of rotatable bonds is 5. The number of amides is 1. The second-order valence-corrected chi connectivity index (χ2v) is 5.99. The van der Waals surface area contributed by atoms with E-state index in [9.17, 15) is 4.79 Å². The van der Waals surface area contributed by atoms with Gasteiger partial charge in [-0.3, -0.25) is 4.79 Å². The zero-order valence-corrected chi connectivity index (χ0v) is 14.1. The maximum absolute atomic E-state index is 12.2.